The molecule has 0 aromatic heterocycles. The highest BCUT2D eigenvalue weighted by Gasteiger charge is 2.52. The second-order valence-corrected chi connectivity index (χ2v) is 17.5. The fraction of sp³-hybridized carbons (Fsp3) is 0.652. The van der Waals surface area contributed by atoms with E-state index in [1.54, 1.807) is 53.2 Å². The van der Waals surface area contributed by atoms with E-state index in [2.05, 4.69) is 10.2 Å². The summed E-state index contributed by atoms with van der Waals surface area (Å²) in [7, 11) is 6.83. The molecule has 0 spiro atoms. The molecule has 0 saturated carbocycles. The van der Waals surface area contributed by atoms with E-state index in [1.807, 2.05) is 51.9 Å². The first-order valence-electron chi connectivity index (χ1n) is 21.2. The predicted molar refractivity (Wildman–Crippen MR) is 229 cm³/mol. The first-order chi connectivity index (χ1) is 28.7. The maximum absolute atomic E-state index is 14.3. The van der Waals surface area contributed by atoms with E-state index in [9.17, 15) is 29.3 Å². The number of aliphatic hydroxyl groups excluding tert-OH is 2. The van der Waals surface area contributed by atoms with Crippen molar-refractivity contribution in [3.63, 3.8) is 0 Å². The lowest BCUT2D eigenvalue weighted by Gasteiger charge is -2.48. The molecule has 2 aromatic carbocycles. The highest BCUT2D eigenvalue weighted by Crippen LogP contribution is 2.40. The van der Waals surface area contributed by atoms with Gasteiger partial charge in [0.15, 0.2) is 6.29 Å². The molecule has 3 N–H and O–H groups in total. The number of esters is 2. The van der Waals surface area contributed by atoms with Gasteiger partial charge >= 0.3 is 11.9 Å². The number of hydrogen-bond donors (Lipinski definition) is 3. The number of aliphatic hydroxyl groups is 3. The summed E-state index contributed by atoms with van der Waals surface area (Å²) in [6.07, 6.45) is -5.33. The fourth-order valence-corrected chi connectivity index (χ4v) is 8.80. The Morgan fingerprint density at radius 3 is 2.21 bits per heavy atom. The summed E-state index contributed by atoms with van der Waals surface area (Å²) in [4.78, 5) is 30.0. The molecule has 14 nitrogen and oxygen atoms in total. The minimum atomic E-state index is -1.97. The van der Waals surface area contributed by atoms with Crippen LogP contribution in [0, 0.1) is 29.5 Å². The second-order valence-electron chi connectivity index (χ2n) is 17.5. The molecule has 2 aliphatic rings. The van der Waals surface area contributed by atoms with Crippen molar-refractivity contribution in [2.24, 2.45) is 33.9 Å². The van der Waals surface area contributed by atoms with E-state index >= 15 is 0 Å². The van der Waals surface area contributed by atoms with Crippen molar-refractivity contribution in [3.05, 3.63) is 65.5 Å². The average molecular weight is 858 g/mol. The zero-order valence-electron chi connectivity index (χ0n) is 37.8. The van der Waals surface area contributed by atoms with Gasteiger partial charge in [-0.25, -0.2) is 4.39 Å². The molecule has 61 heavy (non-hydrogen) atoms. The number of nitrogens with zero attached hydrogens (tertiary/aromatic N) is 3. The maximum Gasteiger partial charge on any atom is 0.312 e. The maximum atomic E-state index is 14.3. The van der Waals surface area contributed by atoms with Crippen LogP contribution in [0.1, 0.15) is 85.8 Å². The van der Waals surface area contributed by atoms with Crippen LogP contribution < -0.4 is 4.74 Å². The van der Waals surface area contributed by atoms with Gasteiger partial charge < -0.3 is 48.6 Å². The predicted octanol–water partition coefficient (Wildman–Crippen LogP) is 5.36. The van der Waals surface area contributed by atoms with Crippen LogP contribution in [0.5, 0.6) is 5.75 Å². The number of carbonyl (C=O) groups is 2. The number of benzene rings is 2. The van der Waals surface area contributed by atoms with Gasteiger partial charge in [-0.3, -0.25) is 9.59 Å². The van der Waals surface area contributed by atoms with Crippen molar-refractivity contribution in [3.8, 4) is 5.75 Å². The second kappa shape index (κ2) is 21.5. The van der Waals surface area contributed by atoms with Crippen LogP contribution in [0.25, 0.3) is 0 Å². The molecule has 0 bridgehead atoms. The first-order valence-corrected chi connectivity index (χ1v) is 21.2. The molecule has 2 fully saturated rings. The average Bonchev–Trinajstić information content (AvgIpc) is 3.22. The van der Waals surface area contributed by atoms with Crippen LogP contribution in [0.2, 0.25) is 0 Å². The van der Waals surface area contributed by atoms with Crippen molar-refractivity contribution in [1.29, 1.82) is 0 Å². The summed E-state index contributed by atoms with van der Waals surface area (Å²) < 4.78 is 50.9. The summed E-state index contributed by atoms with van der Waals surface area (Å²) in [5.41, 5.74) is -1.61. The fourth-order valence-electron chi connectivity index (χ4n) is 8.80. The van der Waals surface area contributed by atoms with Crippen molar-refractivity contribution in [1.82, 2.24) is 4.90 Å². The topological polar surface area (TPSA) is 178 Å². The number of cyclic esters (lactones) is 1. The number of ether oxygens (including phenoxy) is 6. The summed E-state index contributed by atoms with van der Waals surface area (Å²) >= 11 is 0. The molecular formula is C46H68FN3O11. The summed E-state index contributed by atoms with van der Waals surface area (Å²) in [5.74, 6) is -4.60. The van der Waals surface area contributed by atoms with Crippen molar-refractivity contribution in [2.75, 3.05) is 28.3 Å². The first kappa shape index (κ1) is 49.8. The Kier molecular flexibility index (Phi) is 17.6. The van der Waals surface area contributed by atoms with Crippen LogP contribution in [-0.2, 0) is 39.7 Å². The van der Waals surface area contributed by atoms with Gasteiger partial charge in [0.25, 0.3) is 0 Å². The van der Waals surface area contributed by atoms with E-state index in [-0.39, 0.29) is 31.4 Å². The molecular weight excluding hydrogens is 790 g/mol. The lowest BCUT2D eigenvalue weighted by atomic mass is 9.73. The van der Waals surface area contributed by atoms with Crippen molar-refractivity contribution >= 4 is 23.9 Å². The normalized spacial score (nSPS) is 36.4. The Morgan fingerprint density at radius 1 is 1.00 bits per heavy atom. The number of methoxy groups -OCH3 is 2. The van der Waals surface area contributed by atoms with Crippen LogP contribution in [0.4, 0.5) is 4.39 Å². The number of carbonyl (C=O) groups excluding carboxylic acids is 2. The Labute approximate surface area is 360 Å². The number of hydrogen-bond acceptors (Lipinski definition) is 14. The van der Waals surface area contributed by atoms with Crippen LogP contribution >= 0.6 is 0 Å². The third-order valence-electron chi connectivity index (χ3n) is 12.5. The summed E-state index contributed by atoms with van der Waals surface area (Å²) in [5, 5.41) is 44.9. The van der Waals surface area contributed by atoms with E-state index in [4.69, 9.17) is 28.4 Å². The molecule has 0 aliphatic carbocycles. The standard InChI is InChI=1S/C46H68FN3O11/c1-13-36-46(8,55)41(53)28(4)38(49-48-25-32-16-20-34(56-11)21-17-32)26(2)24-45(7,57-12)42(61-44-39(52)35(50(9)10)22-27(3)58-44)29(5)40(30(6)43(54)59-36)60-37(51)23-31-14-18-33(47)19-15-31/h14-21,25-30,35-36,39-42,44,52-53,55H,13,22-24H2,1-12H3. The zero-order chi connectivity index (χ0) is 45.4. The molecule has 340 valence electrons. The van der Waals surface area contributed by atoms with E-state index in [1.165, 1.54) is 38.3 Å². The Balaban J connectivity index is 1.89. The summed E-state index contributed by atoms with van der Waals surface area (Å²) in [6.45, 7) is 13.8. The highest BCUT2D eigenvalue weighted by molar-refractivity contribution is 5.90. The van der Waals surface area contributed by atoms with Crippen LogP contribution in [0.3, 0.4) is 0 Å². The van der Waals surface area contributed by atoms with Gasteiger partial charge in [-0.05, 0) is 114 Å². The number of halogens is 1. The third-order valence-corrected chi connectivity index (χ3v) is 12.5. The van der Waals surface area contributed by atoms with Crippen molar-refractivity contribution < 1.29 is 57.7 Å². The molecule has 14 unspecified atom stereocenters. The molecule has 0 amide bonds. The lowest BCUT2D eigenvalue weighted by Crippen LogP contribution is -2.60. The molecule has 4 rings (SSSR count). The highest BCUT2D eigenvalue weighted by atomic mass is 19.1. The molecule has 0 radical (unpaired) electrons. The third kappa shape index (κ3) is 12.2. The monoisotopic (exact) mass is 857 g/mol. The van der Waals surface area contributed by atoms with E-state index in [0.29, 0.717) is 23.4 Å². The van der Waals surface area contributed by atoms with Gasteiger partial charge in [0.2, 0.25) is 0 Å². The SMILES string of the molecule is CCC1OC(=O)C(C)C(OC(=O)Cc2ccc(F)cc2)C(C)C(OC2OC(C)CC(N(C)C)C2O)C(C)(OC)CC(C)C(=NN=Cc2ccc(OC)cc2)C(C)C(O)C1(C)O. The molecule has 2 aliphatic heterocycles. The van der Waals surface area contributed by atoms with E-state index in [0.717, 1.165) is 5.56 Å². The summed E-state index contributed by atoms with van der Waals surface area (Å²) in [6, 6.07) is 12.3. The van der Waals surface area contributed by atoms with E-state index < -0.39 is 89.4 Å². The van der Waals surface area contributed by atoms with Crippen molar-refractivity contribution in [2.45, 2.75) is 141 Å². The van der Waals surface area contributed by atoms with Gasteiger partial charge in [0.1, 0.15) is 35.5 Å². The molecule has 2 heterocycles. The van der Waals surface area contributed by atoms with Gasteiger partial charge in [-0.15, -0.1) is 0 Å². The smallest absolute Gasteiger partial charge is 0.312 e. The largest absolute Gasteiger partial charge is 0.497 e. The molecule has 2 saturated heterocycles. The number of likely N-dealkylation sites (N-methyl/N-ethyl adjacent to an activating group) is 1. The quantitative estimate of drug-likeness (QED) is 0.150. The van der Waals surface area contributed by atoms with Crippen LogP contribution in [-0.4, -0.2) is 133 Å². The molecule has 14 atom stereocenters. The Morgan fingerprint density at radius 2 is 1.64 bits per heavy atom. The van der Waals surface area contributed by atoms with Gasteiger partial charge in [0, 0.05) is 30.7 Å². The Bertz CT molecular complexity index is 1790. The van der Waals surface area contributed by atoms with Crippen LogP contribution in [0.15, 0.2) is 58.7 Å². The lowest BCUT2D eigenvalue weighted by molar-refractivity contribution is -0.301. The molecule has 15 heteroatoms. The van der Waals surface area contributed by atoms with Gasteiger partial charge in [-0.2, -0.15) is 10.2 Å². The zero-order valence-corrected chi connectivity index (χ0v) is 37.8. The van der Waals surface area contributed by atoms with Gasteiger partial charge in [-0.1, -0.05) is 39.8 Å². The number of rotatable bonds is 11. The molecule has 2 aromatic rings. The van der Waals surface area contributed by atoms with Gasteiger partial charge in [0.05, 0.1) is 49.6 Å². The minimum Gasteiger partial charge on any atom is -0.497 e. The Hall–Kier alpha value is -3.83. The minimum absolute atomic E-state index is 0.132.